The molecule has 1 heterocycles. The van der Waals surface area contributed by atoms with E-state index >= 15 is 0 Å². The zero-order valence-corrected chi connectivity index (χ0v) is 15.5. The number of thiazole rings is 1. The summed E-state index contributed by atoms with van der Waals surface area (Å²) in [5.41, 5.74) is -1.10. The molecule has 0 saturated carbocycles. The molecule has 2 rings (SSSR count). The van der Waals surface area contributed by atoms with E-state index in [0.29, 0.717) is 16.3 Å². The maximum Gasteiger partial charge on any atom is 0.416 e. The number of ketones is 1. The molecule has 0 radical (unpaired) electrons. The summed E-state index contributed by atoms with van der Waals surface area (Å²) >= 11 is 1.21. The Morgan fingerprint density at radius 3 is 2.37 bits per heavy atom. The van der Waals surface area contributed by atoms with Crippen molar-refractivity contribution in [3.8, 4) is 10.6 Å². The number of aliphatic carboxylic acids is 1. The van der Waals surface area contributed by atoms with Gasteiger partial charge < -0.3 is 9.84 Å². The standard InChI is InChI=1S/C18H18F3NO4S/c1-17(10-26-2,16(24)25)8-14(23)7-13-9-27-15(22-13)11-3-5-12(6-4-11)18(19,20)21/h3-6,9H,7-8,10H2,1-2H3,(H,24,25). The van der Waals surface area contributed by atoms with Crippen molar-refractivity contribution < 1.29 is 32.6 Å². The minimum absolute atomic E-state index is 0.0519. The minimum atomic E-state index is -4.40. The highest BCUT2D eigenvalue weighted by atomic mass is 32.1. The van der Waals surface area contributed by atoms with Gasteiger partial charge in [-0.05, 0) is 19.1 Å². The van der Waals surface area contributed by atoms with E-state index in [2.05, 4.69) is 4.98 Å². The first-order valence-electron chi connectivity index (χ1n) is 7.91. The van der Waals surface area contributed by atoms with Crippen LogP contribution in [0.2, 0.25) is 0 Å². The Morgan fingerprint density at radius 1 is 1.22 bits per heavy atom. The number of nitrogens with zero attached hydrogens (tertiary/aromatic N) is 1. The van der Waals surface area contributed by atoms with Gasteiger partial charge in [0.1, 0.15) is 10.8 Å². The second-order valence-electron chi connectivity index (χ2n) is 6.41. The topological polar surface area (TPSA) is 76.5 Å². The molecule has 1 N–H and O–H groups in total. The number of halogens is 3. The van der Waals surface area contributed by atoms with E-state index in [1.54, 1.807) is 5.38 Å². The van der Waals surface area contributed by atoms with Crippen LogP contribution in [-0.4, -0.2) is 35.6 Å². The molecule has 0 saturated heterocycles. The number of carboxylic acids is 1. The van der Waals surface area contributed by atoms with Crippen LogP contribution < -0.4 is 0 Å². The molecule has 0 fully saturated rings. The average Bonchev–Trinajstić information content (AvgIpc) is 3.02. The largest absolute Gasteiger partial charge is 0.481 e. The molecule has 0 amide bonds. The first-order chi connectivity index (χ1) is 12.5. The van der Waals surface area contributed by atoms with E-state index in [0.717, 1.165) is 12.1 Å². The van der Waals surface area contributed by atoms with Gasteiger partial charge in [-0.1, -0.05) is 12.1 Å². The monoisotopic (exact) mass is 401 g/mol. The summed E-state index contributed by atoms with van der Waals surface area (Å²) in [5.74, 6) is -1.43. The number of hydrogen-bond donors (Lipinski definition) is 1. The number of carbonyl (C=O) groups excluding carboxylic acids is 1. The Morgan fingerprint density at radius 2 is 1.85 bits per heavy atom. The number of alkyl halides is 3. The number of benzene rings is 1. The highest BCUT2D eigenvalue weighted by Gasteiger charge is 2.35. The molecule has 0 aliphatic heterocycles. The van der Waals surface area contributed by atoms with Gasteiger partial charge in [0.2, 0.25) is 0 Å². The third kappa shape index (κ3) is 5.36. The molecule has 5 nitrogen and oxygen atoms in total. The van der Waals surface area contributed by atoms with Crippen LogP contribution in [0.4, 0.5) is 13.2 Å². The lowest BCUT2D eigenvalue weighted by Crippen LogP contribution is -2.35. The molecule has 1 unspecified atom stereocenters. The number of hydrogen-bond acceptors (Lipinski definition) is 5. The predicted octanol–water partition coefficient (Wildman–Crippen LogP) is 4.07. The minimum Gasteiger partial charge on any atom is -0.481 e. The molecule has 2 aromatic rings. The van der Waals surface area contributed by atoms with Crippen LogP contribution in [-0.2, 0) is 26.9 Å². The fraction of sp³-hybridized carbons (Fsp3) is 0.389. The van der Waals surface area contributed by atoms with Crippen molar-refractivity contribution in [2.24, 2.45) is 5.41 Å². The summed E-state index contributed by atoms with van der Waals surface area (Å²) in [5, 5.41) is 11.4. The maximum atomic E-state index is 12.6. The third-order valence-electron chi connectivity index (χ3n) is 3.96. The number of ether oxygens (including phenoxy) is 1. The molecule has 0 aliphatic rings. The van der Waals surface area contributed by atoms with Gasteiger partial charge in [-0.15, -0.1) is 11.3 Å². The number of Topliss-reactive ketones (excluding diaryl/α,β-unsaturated/α-hetero) is 1. The highest BCUT2D eigenvalue weighted by Crippen LogP contribution is 2.32. The van der Waals surface area contributed by atoms with Crippen molar-refractivity contribution in [3.05, 3.63) is 40.9 Å². The summed E-state index contributed by atoms with van der Waals surface area (Å²) in [6, 6.07) is 4.61. The molecule has 0 spiro atoms. The Kier molecular flexibility index (Phi) is 6.38. The third-order valence-corrected chi connectivity index (χ3v) is 4.90. The zero-order chi connectivity index (χ0) is 20.2. The maximum absolute atomic E-state index is 12.6. The molecule has 0 bridgehead atoms. The molecule has 9 heteroatoms. The summed E-state index contributed by atoms with van der Waals surface area (Å²) in [7, 11) is 1.36. The molecule has 1 atom stereocenters. The smallest absolute Gasteiger partial charge is 0.416 e. The van der Waals surface area contributed by atoms with Crippen LogP contribution in [0.15, 0.2) is 29.6 Å². The number of carbonyl (C=O) groups is 2. The van der Waals surface area contributed by atoms with E-state index in [1.807, 2.05) is 0 Å². The van der Waals surface area contributed by atoms with E-state index < -0.39 is 23.1 Å². The van der Waals surface area contributed by atoms with E-state index in [9.17, 15) is 27.9 Å². The Balaban J connectivity index is 2.07. The Labute approximate surface area is 157 Å². The van der Waals surface area contributed by atoms with Crippen LogP contribution >= 0.6 is 11.3 Å². The molecular weight excluding hydrogens is 383 g/mol. The summed E-state index contributed by atoms with van der Waals surface area (Å²) < 4.78 is 42.7. The van der Waals surface area contributed by atoms with Gasteiger partial charge in [0.15, 0.2) is 0 Å². The van der Waals surface area contributed by atoms with Crippen molar-refractivity contribution in [3.63, 3.8) is 0 Å². The van der Waals surface area contributed by atoms with Crippen LogP contribution in [0.25, 0.3) is 10.6 Å². The quantitative estimate of drug-likeness (QED) is 0.722. The van der Waals surface area contributed by atoms with Crippen LogP contribution in [0, 0.1) is 5.41 Å². The number of carboxylic acid groups (broad SMARTS) is 1. The van der Waals surface area contributed by atoms with Gasteiger partial charge in [-0.25, -0.2) is 4.98 Å². The molecule has 27 heavy (non-hydrogen) atoms. The number of rotatable bonds is 8. The van der Waals surface area contributed by atoms with Crippen molar-refractivity contribution in [1.82, 2.24) is 4.98 Å². The van der Waals surface area contributed by atoms with Gasteiger partial charge in [0, 0.05) is 30.9 Å². The Hall–Kier alpha value is -2.26. The van der Waals surface area contributed by atoms with E-state index in [4.69, 9.17) is 4.74 Å². The fourth-order valence-electron chi connectivity index (χ4n) is 2.53. The van der Waals surface area contributed by atoms with Crippen LogP contribution in [0.5, 0.6) is 0 Å². The first-order valence-corrected chi connectivity index (χ1v) is 8.79. The van der Waals surface area contributed by atoms with Crippen molar-refractivity contribution in [1.29, 1.82) is 0 Å². The van der Waals surface area contributed by atoms with E-state index in [-0.39, 0.29) is 25.2 Å². The Bertz CT molecular complexity index is 817. The van der Waals surface area contributed by atoms with Gasteiger partial charge in [-0.3, -0.25) is 9.59 Å². The second-order valence-corrected chi connectivity index (χ2v) is 7.27. The summed E-state index contributed by atoms with van der Waals surface area (Å²) in [4.78, 5) is 27.9. The molecule has 146 valence electrons. The lowest BCUT2D eigenvalue weighted by atomic mass is 9.85. The fourth-order valence-corrected chi connectivity index (χ4v) is 3.36. The lowest BCUT2D eigenvalue weighted by Gasteiger charge is -2.22. The first kappa shape index (κ1) is 21.0. The van der Waals surface area contributed by atoms with Gasteiger partial charge in [-0.2, -0.15) is 13.2 Å². The van der Waals surface area contributed by atoms with Gasteiger partial charge in [0.25, 0.3) is 0 Å². The second kappa shape index (κ2) is 8.18. The molecule has 1 aromatic heterocycles. The van der Waals surface area contributed by atoms with Crippen molar-refractivity contribution >= 4 is 23.1 Å². The molecular formula is C18H18F3NO4S. The summed E-state index contributed by atoms with van der Waals surface area (Å²) in [6.07, 6.45) is -4.66. The average molecular weight is 401 g/mol. The van der Waals surface area contributed by atoms with Gasteiger partial charge in [0.05, 0.1) is 23.3 Å². The zero-order valence-electron chi connectivity index (χ0n) is 14.7. The highest BCUT2D eigenvalue weighted by molar-refractivity contribution is 7.13. The van der Waals surface area contributed by atoms with E-state index in [1.165, 1.54) is 37.5 Å². The summed E-state index contributed by atoms with van der Waals surface area (Å²) in [6.45, 7) is 1.34. The SMILES string of the molecule is COCC(C)(CC(=O)Cc1csc(-c2ccc(C(F)(F)F)cc2)n1)C(=O)O. The van der Waals surface area contributed by atoms with Crippen LogP contribution in [0.1, 0.15) is 24.6 Å². The van der Waals surface area contributed by atoms with Gasteiger partial charge >= 0.3 is 12.1 Å². The van der Waals surface area contributed by atoms with Crippen LogP contribution in [0.3, 0.4) is 0 Å². The normalized spacial score (nSPS) is 14.0. The lowest BCUT2D eigenvalue weighted by molar-refractivity contribution is -0.153. The van der Waals surface area contributed by atoms with Crippen molar-refractivity contribution in [2.45, 2.75) is 25.9 Å². The molecule has 1 aromatic carbocycles. The predicted molar refractivity (Wildman–Crippen MR) is 93.5 cm³/mol. The number of aromatic nitrogens is 1. The molecule has 0 aliphatic carbocycles. The van der Waals surface area contributed by atoms with Crippen molar-refractivity contribution in [2.75, 3.05) is 13.7 Å². The number of methoxy groups -OCH3 is 1.